The van der Waals surface area contributed by atoms with Crippen LogP contribution in [-0.2, 0) is 9.59 Å². The van der Waals surface area contributed by atoms with E-state index in [0.29, 0.717) is 19.6 Å². The molecule has 0 aromatic carbocycles. The Morgan fingerprint density at radius 2 is 2.32 bits per heavy atom. The Bertz CT molecular complexity index is 387. The van der Waals surface area contributed by atoms with Gasteiger partial charge in [-0.15, -0.1) is 0 Å². The van der Waals surface area contributed by atoms with E-state index in [4.69, 9.17) is 10.4 Å². The quantitative estimate of drug-likeness (QED) is 0.734. The molecule has 19 heavy (non-hydrogen) atoms. The lowest BCUT2D eigenvalue weighted by molar-refractivity contribution is -0.143. The third-order valence-electron chi connectivity index (χ3n) is 3.36. The van der Waals surface area contributed by atoms with Gasteiger partial charge in [-0.25, -0.2) is 0 Å². The lowest BCUT2D eigenvalue weighted by atomic mass is 9.89. The van der Waals surface area contributed by atoms with Crippen molar-refractivity contribution in [2.24, 2.45) is 5.41 Å². The zero-order valence-corrected chi connectivity index (χ0v) is 11.5. The van der Waals surface area contributed by atoms with Crippen LogP contribution in [0.25, 0.3) is 0 Å². The SMILES string of the molecule is CC(C)(C#N)CCCN1CCNC(=O)C1CC(=O)O. The van der Waals surface area contributed by atoms with E-state index in [0.717, 1.165) is 12.8 Å². The average Bonchev–Trinajstić information content (AvgIpc) is 2.33. The molecular formula is C13H21N3O3. The van der Waals surface area contributed by atoms with Crippen molar-refractivity contribution in [1.29, 1.82) is 5.26 Å². The van der Waals surface area contributed by atoms with Crippen LogP contribution in [0.5, 0.6) is 0 Å². The van der Waals surface area contributed by atoms with Gasteiger partial charge in [0.2, 0.25) is 5.91 Å². The normalized spacial score (nSPS) is 20.7. The Morgan fingerprint density at radius 1 is 1.63 bits per heavy atom. The summed E-state index contributed by atoms with van der Waals surface area (Å²) in [6, 6.07) is 1.65. The monoisotopic (exact) mass is 267 g/mol. The first-order valence-corrected chi connectivity index (χ1v) is 6.50. The fourth-order valence-electron chi connectivity index (χ4n) is 2.20. The van der Waals surface area contributed by atoms with E-state index in [9.17, 15) is 9.59 Å². The Labute approximate surface area is 113 Å². The number of carboxylic acids is 1. The topological polar surface area (TPSA) is 93.4 Å². The number of nitrogens with zero attached hydrogens (tertiary/aromatic N) is 2. The zero-order chi connectivity index (χ0) is 14.5. The smallest absolute Gasteiger partial charge is 0.305 e. The molecule has 0 aromatic rings. The van der Waals surface area contributed by atoms with E-state index in [1.165, 1.54) is 0 Å². The molecule has 1 unspecified atom stereocenters. The van der Waals surface area contributed by atoms with Crippen LogP contribution in [-0.4, -0.2) is 47.6 Å². The van der Waals surface area contributed by atoms with Crippen molar-refractivity contribution in [2.45, 2.75) is 39.2 Å². The molecule has 1 fully saturated rings. The minimum atomic E-state index is -0.968. The molecule has 1 saturated heterocycles. The number of carboxylic acid groups (broad SMARTS) is 1. The molecule has 1 amide bonds. The maximum Gasteiger partial charge on any atom is 0.305 e. The number of hydrogen-bond donors (Lipinski definition) is 2. The van der Waals surface area contributed by atoms with Crippen molar-refractivity contribution < 1.29 is 14.7 Å². The van der Waals surface area contributed by atoms with Crippen molar-refractivity contribution in [1.82, 2.24) is 10.2 Å². The minimum Gasteiger partial charge on any atom is -0.481 e. The predicted molar refractivity (Wildman–Crippen MR) is 69.3 cm³/mol. The molecule has 2 N–H and O–H groups in total. The molecule has 0 bridgehead atoms. The van der Waals surface area contributed by atoms with Crippen molar-refractivity contribution in [3.8, 4) is 6.07 Å². The fraction of sp³-hybridized carbons (Fsp3) is 0.769. The maximum absolute atomic E-state index is 11.7. The molecule has 1 atom stereocenters. The predicted octanol–water partition coefficient (Wildman–Crippen LogP) is 0.591. The van der Waals surface area contributed by atoms with Crippen molar-refractivity contribution in [3.05, 3.63) is 0 Å². The first-order chi connectivity index (χ1) is 8.85. The summed E-state index contributed by atoms with van der Waals surface area (Å²) in [5.74, 6) is -1.18. The van der Waals surface area contributed by atoms with Gasteiger partial charge in [-0.1, -0.05) is 0 Å². The summed E-state index contributed by atoms with van der Waals surface area (Å²) >= 11 is 0. The number of rotatable bonds is 6. The van der Waals surface area contributed by atoms with Crippen LogP contribution in [0.3, 0.4) is 0 Å². The third-order valence-corrected chi connectivity index (χ3v) is 3.36. The first-order valence-electron chi connectivity index (χ1n) is 6.50. The summed E-state index contributed by atoms with van der Waals surface area (Å²) in [6.45, 7) is 5.62. The van der Waals surface area contributed by atoms with Gasteiger partial charge in [0.15, 0.2) is 0 Å². The largest absolute Gasteiger partial charge is 0.481 e. The van der Waals surface area contributed by atoms with E-state index < -0.39 is 12.0 Å². The molecule has 1 rings (SSSR count). The molecule has 0 radical (unpaired) electrons. The summed E-state index contributed by atoms with van der Waals surface area (Å²) in [5.41, 5.74) is -0.375. The molecule has 1 heterocycles. The Morgan fingerprint density at radius 3 is 2.89 bits per heavy atom. The molecule has 1 aliphatic heterocycles. The second-order valence-electron chi connectivity index (χ2n) is 5.54. The van der Waals surface area contributed by atoms with E-state index in [1.54, 1.807) is 0 Å². The molecule has 0 aromatic heterocycles. The molecule has 0 spiro atoms. The molecular weight excluding hydrogens is 246 g/mol. The summed E-state index contributed by atoms with van der Waals surface area (Å²) in [4.78, 5) is 24.4. The maximum atomic E-state index is 11.7. The summed E-state index contributed by atoms with van der Waals surface area (Å²) in [7, 11) is 0. The first kappa shape index (κ1) is 15.4. The molecule has 0 saturated carbocycles. The number of aliphatic carboxylic acids is 1. The summed E-state index contributed by atoms with van der Waals surface area (Å²) in [6.07, 6.45) is 1.35. The highest BCUT2D eigenvalue weighted by Gasteiger charge is 2.31. The van der Waals surface area contributed by atoms with Crippen LogP contribution < -0.4 is 5.32 Å². The van der Waals surface area contributed by atoms with Crippen molar-refractivity contribution >= 4 is 11.9 Å². The Balaban J connectivity index is 2.52. The van der Waals surface area contributed by atoms with Crippen molar-refractivity contribution in [3.63, 3.8) is 0 Å². The van der Waals surface area contributed by atoms with E-state index in [2.05, 4.69) is 11.4 Å². The summed E-state index contributed by atoms with van der Waals surface area (Å²) < 4.78 is 0. The molecule has 0 aliphatic carbocycles. The van der Waals surface area contributed by atoms with E-state index in [-0.39, 0.29) is 17.7 Å². The lowest BCUT2D eigenvalue weighted by Crippen LogP contribution is -2.56. The number of amides is 1. The Hall–Kier alpha value is -1.61. The van der Waals surface area contributed by atoms with Crippen LogP contribution in [0.15, 0.2) is 0 Å². The van der Waals surface area contributed by atoms with Gasteiger partial charge in [0, 0.05) is 13.1 Å². The highest BCUT2D eigenvalue weighted by Crippen LogP contribution is 2.21. The van der Waals surface area contributed by atoms with Gasteiger partial charge in [0.25, 0.3) is 0 Å². The van der Waals surface area contributed by atoms with Gasteiger partial charge >= 0.3 is 5.97 Å². The standard InChI is InChI=1S/C13H21N3O3/c1-13(2,9-14)4-3-6-16-7-5-15-12(19)10(16)8-11(17)18/h10H,3-8H2,1-2H3,(H,15,19)(H,17,18). The molecule has 106 valence electrons. The van der Waals surface area contributed by atoms with Crippen LogP contribution in [0.4, 0.5) is 0 Å². The average molecular weight is 267 g/mol. The number of carbonyl (C=O) groups excluding carboxylic acids is 1. The van der Waals surface area contributed by atoms with Crippen LogP contribution in [0, 0.1) is 16.7 Å². The van der Waals surface area contributed by atoms with Gasteiger partial charge < -0.3 is 10.4 Å². The number of carbonyl (C=O) groups is 2. The lowest BCUT2D eigenvalue weighted by Gasteiger charge is -2.34. The van der Waals surface area contributed by atoms with Gasteiger partial charge in [-0.3, -0.25) is 14.5 Å². The van der Waals surface area contributed by atoms with Gasteiger partial charge in [0.1, 0.15) is 0 Å². The van der Waals surface area contributed by atoms with Crippen molar-refractivity contribution in [2.75, 3.05) is 19.6 Å². The van der Waals surface area contributed by atoms with Crippen LogP contribution in [0.2, 0.25) is 0 Å². The van der Waals surface area contributed by atoms with E-state index >= 15 is 0 Å². The van der Waals surface area contributed by atoms with Crippen LogP contribution in [0.1, 0.15) is 33.1 Å². The van der Waals surface area contributed by atoms with Gasteiger partial charge in [0.05, 0.1) is 23.9 Å². The zero-order valence-electron chi connectivity index (χ0n) is 11.5. The molecule has 1 aliphatic rings. The number of nitriles is 1. The fourth-order valence-corrected chi connectivity index (χ4v) is 2.20. The summed E-state index contributed by atoms with van der Waals surface area (Å²) in [5, 5.41) is 20.5. The highest BCUT2D eigenvalue weighted by atomic mass is 16.4. The number of nitrogens with one attached hydrogen (secondary N) is 1. The number of piperazine rings is 1. The van der Waals surface area contributed by atoms with E-state index in [1.807, 2.05) is 18.7 Å². The van der Waals surface area contributed by atoms with Gasteiger partial charge in [-0.2, -0.15) is 5.26 Å². The number of hydrogen-bond acceptors (Lipinski definition) is 4. The second-order valence-corrected chi connectivity index (χ2v) is 5.54. The second kappa shape index (κ2) is 6.53. The molecule has 6 heteroatoms. The Kier molecular flexibility index (Phi) is 5.31. The van der Waals surface area contributed by atoms with Gasteiger partial charge in [-0.05, 0) is 33.2 Å². The van der Waals surface area contributed by atoms with Crippen LogP contribution >= 0.6 is 0 Å². The molecule has 6 nitrogen and oxygen atoms in total. The highest BCUT2D eigenvalue weighted by molar-refractivity contribution is 5.86. The third kappa shape index (κ3) is 4.87. The minimum absolute atomic E-state index is 0.173.